The molecule has 0 atom stereocenters. The summed E-state index contributed by atoms with van der Waals surface area (Å²) in [5.41, 5.74) is 3.80. The zero-order chi connectivity index (χ0) is 21.1. The molecule has 0 saturated heterocycles. The highest BCUT2D eigenvalue weighted by atomic mass is 32.1. The fourth-order valence-electron chi connectivity index (χ4n) is 3.18. The molecule has 0 radical (unpaired) electrons. The zero-order valence-electron chi connectivity index (χ0n) is 16.7. The van der Waals surface area contributed by atoms with Crippen LogP contribution in [0.5, 0.6) is 0 Å². The van der Waals surface area contributed by atoms with E-state index in [1.54, 1.807) is 0 Å². The molecule has 3 heterocycles. The third-order valence-electron chi connectivity index (χ3n) is 4.79. The second-order valence-corrected chi connectivity index (χ2v) is 7.74. The summed E-state index contributed by atoms with van der Waals surface area (Å²) in [6.45, 7) is 4.43. The summed E-state index contributed by atoms with van der Waals surface area (Å²) in [6.07, 6.45) is 0.126. The molecule has 1 amide bonds. The van der Waals surface area contributed by atoms with E-state index in [4.69, 9.17) is 4.42 Å². The standard InChI is InChI=1S/C21H21N5O3S/c1-14-17(15(2)26(23-14)16-7-4-3-5-8-16)13-22-19(27)10-11-25-21(28)29-20(24-25)18-9-6-12-30-18/h3-9,12H,10-11,13H2,1-2H3,(H,22,27). The van der Waals surface area contributed by atoms with Crippen molar-refractivity contribution >= 4 is 17.2 Å². The Kier molecular flexibility index (Phi) is 5.62. The molecule has 0 aliphatic carbocycles. The summed E-state index contributed by atoms with van der Waals surface area (Å²) < 4.78 is 8.21. The van der Waals surface area contributed by atoms with Crippen molar-refractivity contribution in [3.05, 3.63) is 75.3 Å². The highest BCUT2D eigenvalue weighted by Crippen LogP contribution is 2.21. The van der Waals surface area contributed by atoms with Crippen molar-refractivity contribution in [3.8, 4) is 16.5 Å². The molecule has 3 aromatic heterocycles. The molecular formula is C21H21N5O3S. The Balaban J connectivity index is 1.37. The number of hydrogen-bond donors (Lipinski definition) is 1. The van der Waals surface area contributed by atoms with Gasteiger partial charge in [-0.25, -0.2) is 9.48 Å². The SMILES string of the molecule is Cc1nn(-c2ccccc2)c(C)c1CNC(=O)CCn1nc(-c2cccs2)oc1=O. The highest BCUT2D eigenvalue weighted by Gasteiger charge is 2.15. The molecule has 1 aromatic carbocycles. The monoisotopic (exact) mass is 423 g/mol. The molecule has 154 valence electrons. The van der Waals surface area contributed by atoms with E-state index in [-0.39, 0.29) is 24.8 Å². The third kappa shape index (κ3) is 4.11. The molecule has 0 spiro atoms. The molecule has 0 fully saturated rings. The zero-order valence-corrected chi connectivity index (χ0v) is 17.5. The Morgan fingerprint density at radius 3 is 2.67 bits per heavy atom. The molecule has 1 N–H and O–H groups in total. The second kappa shape index (κ2) is 8.50. The minimum absolute atomic E-state index is 0.126. The van der Waals surface area contributed by atoms with E-state index < -0.39 is 5.76 Å². The summed E-state index contributed by atoms with van der Waals surface area (Å²) in [5.74, 6) is -0.467. The fourth-order valence-corrected chi connectivity index (χ4v) is 3.83. The fraction of sp³-hybridized carbons (Fsp3) is 0.238. The van der Waals surface area contributed by atoms with Gasteiger partial charge in [0.2, 0.25) is 5.91 Å². The van der Waals surface area contributed by atoms with E-state index >= 15 is 0 Å². The molecular weight excluding hydrogens is 402 g/mol. The van der Waals surface area contributed by atoms with Gasteiger partial charge in [0, 0.05) is 24.2 Å². The molecule has 30 heavy (non-hydrogen) atoms. The van der Waals surface area contributed by atoms with Crippen molar-refractivity contribution in [2.75, 3.05) is 0 Å². The molecule has 0 bridgehead atoms. The number of aryl methyl sites for hydroxylation is 2. The first-order valence-corrected chi connectivity index (χ1v) is 10.4. The predicted octanol–water partition coefficient (Wildman–Crippen LogP) is 3.07. The minimum Gasteiger partial charge on any atom is -0.387 e. The summed E-state index contributed by atoms with van der Waals surface area (Å²) in [6, 6.07) is 13.5. The molecule has 4 aromatic rings. The van der Waals surface area contributed by atoms with Crippen LogP contribution >= 0.6 is 11.3 Å². The first-order valence-electron chi connectivity index (χ1n) is 9.52. The van der Waals surface area contributed by atoms with Crippen molar-refractivity contribution < 1.29 is 9.21 Å². The van der Waals surface area contributed by atoms with Crippen LogP contribution in [0.25, 0.3) is 16.5 Å². The number of carbonyl (C=O) groups is 1. The van der Waals surface area contributed by atoms with Gasteiger partial charge in [-0.1, -0.05) is 24.3 Å². The summed E-state index contributed by atoms with van der Waals surface area (Å²) in [5, 5.41) is 13.5. The molecule has 8 nitrogen and oxygen atoms in total. The average molecular weight is 423 g/mol. The first kappa shape index (κ1) is 19.8. The van der Waals surface area contributed by atoms with Gasteiger partial charge in [0.1, 0.15) is 0 Å². The number of nitrogens with zero attached hydrogens (tertiary/aromatic N) is 4. The van der Waals surface area contributed by atoms with Crippen molar-refractivity contribution in [1.29, 1.82) is 0 Å². The molecule has 9 heteroatoms. The van der Waals surface area contributed by atoms with Gasteiger partial charge in [-0.2, -0.15) is 9.78 Å². The van der Waals surface area contributed by atoms with Crippen LogP contribution in [0, 0.1) is 13.8 Å². The van der Waals surface area contributed by atoms with Crippen molar-refractivity contribution in [2.24, 2.45) is 0 Å². The lowest BCUT2D eigenvalue weighted by molar-refractivity contribution is -0.121. The van der Waals surface area contributed by atoms with Gasteiger partial charge in [-0.15, -0.1) is 16.4 Å². The van der Waals surface area contributed by atoms with Crippen LogP contribution in [0.4, 0.5) is 0 Å². The van der Waals surface area contributed by atoms with Gasteiger partial charge in [-0.05, 0) is 37.4 Å². The van der Waals surface area contributed by atoms with Gasteiger partial charge < -0.3 is 9.73 Å². The number of para-hydroxylation sites is 1. The smallest absolute Gasteiger partial charge is 0.387 e. The van der Waals surface area contributed by atoms with E-state index in [0.29, 0.717) is 6.54 Å². The van der Waals surface area contributed by atoms with Gasteiger partial charge in [0.15, 0.2) is 0 Å². The van der Waals surface area contributed by atoms with Gasteiger partial charge >= 0.3 is 5.76 Å². The lowest BCUT2D eigenvalue weighted by atomic mass is 10.2. The maximum absolute atomic E-state index is 12.3. The Bertz CT molecular complexity index is 1210. The van der Waals surface area contributed by atoms with E-state index in [1.807, 2.05) is 66.4 Å². The number of nitrogens with one attached hydrogen (secondary N) is 1. The summed E-state index contributed by atoms with van der Waals surface area (Å²) in [4.78, 5) is 25.1. The predicted molar refractivity (Wildman–Crippen MR) is 114 cm³/mol. The number of benzene rings is 1. The number of hydrogen-bond acceptors (Lipinski definition) is 6. The van der Waals surface area contributed by atoms with Crippen LogP contribution in [0.3, 0.4) is 0 Å². The van der Waals surface area contributed by atoms with Crippen molar-refractivity contribution in [1.82, 2.24) is 24.9 Å². The molecule has 0 aliphatic heterocycles. The molecule has 0 saturated carbocycles. The van der Waals surface area contributed by atoms with Gasteiger partial charge in [-0.3, -0.25) is 4.79 Å². The van der Waals surface area contributed by atoms with Crippen molar-refractivity contribution in [2.45, 2.75) is 33.4 Å². The largest absolute Gasteiger partial charge is 0.437 e. The van der Waals surface area contributed by atoms with Crippen LogP contribution < -0.4 is 11.1 Å². The lowest BCUT2D eigenvalue weighted by Crippen LogP contribution is -2.26. The lowest BCUT2D eigenvalue weighted by Gasteiger charge is -2.07. The average Bonchev–Trinajstić information content (AvgIpc) is 3.46. The van der Waals surface area contributed by atoms with Gasteiger partial charge in [0.05, 0.1) is 22.8 Å². The van der Waals surface area contributed by atoms with Crippen LogP contribution in [0.2, 0.25) is 0 Å². The molecule has 0 aliphatic rings. The number of carbonyl (C=O) groups excluding carboxylic acids is 1. The second-order valence-electron chi connectivity index (χ2n) is 6.80. The Hall–Kier alpha value is -3.46. The first-order chi connectivity index (χ1) is 14.5. The Morgan fingerprint density at radius 2 is 1.93 bits per heavy atom. The molecule has 4 rings (SSSR count). The highest BCUT2D eigenvalue weighted by molar-refractivity contribution is 7.13. The maximum atomic E-state index is 12.3. The third-order valence-corrected chi connectivity index (χ3v) is 5.65. The van der Waals surface area contributed by atoms with E-state index in [2.05, 4.69) is 15.5 Å². The quantitative estimate of drug-likeness (QED) is 0.493. The van der Waals surface area contributed by atoms with E-state index in [1.165, 1.54) is 16.0 Å². The van der Waals surface area contributed by atoms with Crippen LogP contribution in [-0.2, 0) is 17.9 Å². The van der Waals surface area contributed by atoms with Crippen molar-refractivity contribution in [3.63, 3.8) is 0 Å². The summed E-state index contributed by atoms with van der Waals surface area (Å²) in [7, 11) is 0. The topological polar surface area (TPSA) is 95.0 Å². The van der Waals surface area contributed by atoms with Crippen LogP contribution in [0.1, 0.15) is 23.4 Å². The Morgan fingerprint density at radius 1 is 1.13 bits per heavy atom. The normalized spacial score (nSPS) is 11.0. The van der Waals surface area contributed by atoms with Crippen LogP contribution in [-0.4, -0.2) is 25.5 Å². The number of rotatable bonds is 7. The minimum atomic E-state index is -0.568. The Labute approximate surface area is 176 Å². The number of thiophene rings is 1. The van der Waals surface area contributed by atoms with E-state index in [9.17, 15) is 9.59 Å². The number of aromatic nitrogens is 4. The van der Waals surface area contributed by atoms with Crippen LogP contribution in [0.15, 0.2) is 57.1 Å². The maximum Gasteiger partial charge on any atom is 0.437 e. The summed E-state index contributed by atoms with van der Waals surface area (Å²) >= 11 is 1.44. The van der Waals surface area contributed by atoms with Gasteiger partial charge in [0.25, 0.3) is 5.89 Å². The number of amides is 1. The van der Waals surface area contributed by atoms with E-state index in [0.717, 1.165) is 27.5 Å². The molecule has 0 unspecified atom stereocenters.